The molecule has 2 aromatic rings. The van der Waals surface area contributed by atoms with E-state index in [1.54, 1.807) is 6.92 Å². The molecule has 0 unspecified atom stereocenters. The fourth-order valence-corrected chi connectivity index (χ4v) is 6.94. The largest absolute Gasteiger partial charge is 0.481 e. The molecule has 0 radical (unpaired) electrons. The van der Waals surface area contributed by atoms with Gasteiger partial charge in [0.25, 0.3) is 0 Å². The van der Waals surface area contributed by atoms with Gasteiger partial charge in [-0.3, -0.25) is 9.59 Å². The third-order valence-corrected chi connectivity index (χ3v) is 8.21. The Labute approximate surface area is 204 Å². The molecule has 2 saturated carbocycles. The van der Waals surface area contributed by atoms with Crippen LogP contribution >= 0.6 is 11.3 Å². The van der Waals surface area contributed by atoms with Crippen molar-refractivity contribution in [1.29, 1.82) is 0 Å². The molecule has 34 heavy (non-hydrogen) atoms. The average molecular weight is 484 g/mol. The van der Waals surface area contributed by atoms with Crippen LogP contribution in [-0.4, -0.2) is 29.6 Å². The zero-order chi connectivity index (χ0) is 24.6. The first-order valence-corrected chi connectivity index (χ1v) is 13.0. The molecule has 1 aromatic carbocycles. The number of carboxylic acid groups (broad SMARTS) is 1. The highest BCUT2D eigenvalue weighted by molar-refractivity contribution is 7.17. The number of benzene rings is 1. The third-order valence-electron chi connectivity index (χ3n) is 7.19. The predicted molar refractivity (Wildman–Crippen MR) is 133 cm³/mol. The Morgan fingerprint density at radius 2 is 1.76 bits per heavy atom. The van der Waals surface area contributed by atoms with Crippen molar-refractivity contribution in [3.63, 3.8) is 0 Å². The molecule has 0 aliphatic heterocycles. The monoisotopic (exact) mass is 483 g/mol. The van der Waals surface area contributed by atoms with Crippen molar-refractivity contribution >= 4 is 34.2 Å². The lowest BCUT2D eigenvalue weighted by atomic mass is 9.78. The molecule has 4 atom stereocenters. The predicted octanol–water partition coefficient (Wildman–Crippen LogP) is 5.78. The summed E-state index contributed by atoms with van der Waals surface area (Å²) in [7, 11) is 0. The molecule has 2 bridgehead atoms. The molecule has 2 N–H and O–H groups in total. The summed E-state index contributed by atoms with van der Waals surface area (Å²) in [6, 6.07) is 8.17. The average Bonchev–Trinajstić information content (AvgIpc) is 3.47. The van der Waals surface area contributed by atoms with E-state index in [9.17, 15) is 19.5 Å². The van der Waals surface area contributed by atoms with E-state index in [-0.39, 0.29) is 24.3 Å². The summed E-state index contributed by atoms with van der Waals surface area (Å²) >= 11 is 1.34. The number of ether oxygens (including phenoxy) is 1. The van der Waals surface area contributed by atoms with Crippen LogP contribution in [0.2, 0.25) is 0 Å². The van der Waals surface area contributed by atoms with E-state index in [0.29, 0.717) is 16.5 Å². The number of anilines is 1. The molecule has 2 aliphatic rings. The van der Waals surface area contributed by atoms with Gasteiger partial charge in [-0.1, -0.05) is 38.1 Å². The number of hydrogen-bond donors (Lipinski definition) is 2. The highest BCUT2D eigenvalue weighted by atomic mass is 32.1. The first-order chi connectivity index (χ1) is 16.2. The van der Waals surface area contributed by atoms with Gasteiger partial charge < -0.3 is 15.2 Å². The number of nitrogens with one attached hydrogen (secondary N) is 1. The summed E-state index contributed by atoms with van der Waals surface area (Å²) in [4.78, 5) is 39.2. The van der Waals surface area contributed by atoms with Gasteiger partial charge in [0.05, 0.1) is 18.4 Å². The van der Waals surface area contributed by atoms with Crippen LogP contribution in [0.25, 0.3) is 11.1 Å². The Kier molecular flexibility index (Phi) is 7.12. The van der Waals surface area contributed by atoms with Crippen LogP contribution < -0.4 is 5.32 Å². The molecule has 1 heterocycles. The van der Waals surface area contributed by atoms with E-state index in [0.717, 1.165) is 41.7 Å². The van der Waals surface area contributed by atoms with E-state index in [2.05, 4.69) is 31.3 Å². The molecule has 7 heteroatoms. The lowest BCUT2D eigenvalue weighted by Gasteiger charge is -2.27. The maximum Gasteiger partial charge on any atom is 0.341 e. The van der Waals surface area contributed by atoms with Gasteiger partial charge in [0.15, 0.2) is 0 Å². The normalized spacial score (nSPS) is 23.3. The van der Waals surface area contributed by atoms with Crippen molar-refractivity contribution in [3.8, 4) is 11.1 Å². The second-order valence-corrected chi connectivity index (χ2v) is 11.2. The fourth-order valence-electron chi connectivity index (χ4n) is 5.88. The van der Waals surface area contributed by atoms with Crippen molar-refractivity contribution in [1.82, 2.24) is 0 Å². The quantitative estimate of drug-likeness (QED) is 0.464. The Bertz CT molecular complexity index is 1090. The molecule has 0 spiro atoms. The van der Waals surface area contributed by atoms with Gasteiger partial charge in [0.1, 0.15) is 10.6 Å². The standard InChI is InChI=1S/C27H33NO5S/c1-5-33-27(32)23-20(17-8-6-16(7-9-17)12-14(2)3)15(4)34-25(23)28-24(29)21-18-10-11-19(13-18)22(21)26(30)31/h6-9,14,18-19,21-22H,5,10-13H2,1-4H3,(H,28,29)(H,30,31)/t18-,19-,21+,22-/m0/s1. The maximum atomic E-state index is 13.3. The summed E-state index contributed by atoms with van der Waals surface area (Å²) in [5.41, 5.74) is 3.24. The summed E-state index contributed by atoms with van der Waals surface area (Å²) in [5, 5.41) is 13.1. The number of carboxylic acids is 1. The lowest BCUT2D eigenvalue weighted by Crippen LogP contribution is -2.37. The second kappa shape index (κ2) is 9.90. The van der Waals surface area contributed by atoms with Crippen molar-refractivity contribution in [2.75, 3.05) is 11.9 Å². The Morgan fingerprint density at radius 1 is 1.12 bits per heavy atom. The van der Waals surface area contributed by atoms with Crippen LogP contribution in [0.4, 0.5) is 5.00 Å². The van der Waals surface area contributed by atoms with Gasteiger partial charge in [-0.05, 0) is 68.4 Å². The van der Waals surface area contributed by atoms with E-state index in [4.69, 9.17) is 4.74 Å². The Morgan fingerprint density at radius 3 is 2.35 bits per heavy atom. The first kappa shape index (κ1) is 24.5. The maximum absolute atomic E-state index is 13.3. The van der Waals surface area contributed by atoms with Gasteiger partial charge in [-0.25, -0.2) is 4.79 Å². The molecule has 2 aliphatic carbocycles. The van der Waals surface area contributed by atoms with Crippen LogP contribution in [-0.2, 0) is 20.7 Å². The van der Waals surface area contributed by atoms with Gasteiger partial charge in [0, 0.05) is 10.4 Å². The SMILES string of the molecule is CCOC(=O)c1c(NC(=O)[C@@H]2[C@H]3CC[C@@H](C3)[C@@H]2C(=O)O)sc(C)c1-c1ccc(CC(C)C)cc1. The number of fused-ring (bicyclic) bond motifs is 2. The minimum absolute atomic E-state index is 0.0627. The first-order valence-electron chi connectivity index (χ1n) is 12.1. The molecule has 6 nitrogen and oxygen atoms in total. The summed E-state index contributed by atoms with van der Waals surface area (Å²) in [6.45, 7) is 8.26. The molecule has 2 fully saturated rings. The number of esters is 1. The topological polar surface area (TPSA) is 92.7 Å². The highest BCUT2D eigenvalue weighted by Gasteiger charge is 2.54. The highest BCUT2D eigenvalue weighted by Crippen LogP contribution is 2.53. The van der Waals surface area contributed by atoms with Gasteiger partial charge in [-0.15, -0.1) is 11.3 Å². The van der Waals surface area contributed by atoms with Gasteiger partial charge in [-0.2, -0.15) is 0 Å². The van der Waals surface area contributed by atoms with Crippen LogP contribution in [0, 0.1) is 36.5 Å². The molecular weight excluding hydrogens is 450 g/mol. The van der Waals surface area contributed by atoms with Crippen LogP contribution in [0.5, 0.6) is 0 Å². The second-order valence-electron chi connectivity index (χ2n) is 9.97. The fraction of sp³-hybridized carbons (Fsp3) is 0.519. The molecule has 1 aromatic heterocycles. The van der Waals surface area contributed by atoms with Crippen molar-refractivity contribution in [2.45, 2.75) is 53.4 Å². The molecule has 0 saturated heterocycles. The minimum atomic E-state index is -0.900. The number of aryl methyl sites for hydroxylation is 1. The number of carbonyl (C=O) groups excluding carboxylic acids is 2. The van der Waals surface area contributed by atoms with Crippen molar-refractivity contribution < 1.29 is 24.2 Å². The van der Waals surface area contributed by atoms with E-state index in [1.807, 2.05) is 19.1 Å². The van der Waals surface area contributed by atoms with Crippen molar-refractivity contribution in [2.24, 2.45) is 29.6 Å². The van der Waals surface area contributed by atoms with Gasteiger partial charge in [0.2, 0.25) is 5.91 Å². The van der Waals surface area contributed by atoms with Crippen LogP contribution in [0.1, 0.15) is 60.8 Å². The third kappa shape index (κ3) is 4.63. The Balaban J connectivity index is 1.67. The number of carbonyl (C=O) groups is 3. The molecule has 1 amide bonds. The number of thiophene rings is 1. The van der Waals surface area contributed by atoms with Crippen LogP contribution in [0.3, 0.4) is 0 Å². The van der Waals surface area contributed by atoms with E-state index < -0.39 is 23.8 Å². The molecular formula is C27H33NO5S. The van der Waals surface area contributed by atoms with E-state index in [1.165, 1.54) is 16.9 Å². The number of aliphatic carboxylic acids is 1. The smallest absolute Gasteiger partial charge is 0.341 e. The summed E-state index contributed by atoms with van der Waals surface area (Å²) in [6.07, 6.45) is 3.52. The number of rotatable bonds is 8. The molecule has 4 rings (SSSR count). The minimum Gasteiger partial charge on any atom is -0.481 e. The van der Waals surface area contributed by atoms with Crippen LogP contribution in [0.15, 0.2) is 24.3 Å². The van der Waals surface area contributed by atoms with Crippen molar-refractivity contribution in [3.05, 3.63) is 40.3 Å². The van der Waals surface area contributed by atoms with E-state index >= 15 is 0 Å². The molecule has 182 valence electrons. The zero-order valence-corrected chi connectivity index (χ0v) is 21.0. The Hall–Kier alpha value is -2.67. The number of hydrogen-bond acceptors (Lipinski definition) is 5. The van der Waals surface area contributed by atoms with Gasteiger partial charge >= 0.3 is 11.9 Å². The zero-order valence-electron chi connectivity index (χ0n) is 20.2. The lowest BCUT2D eigenvalue weighted by molar-refractivity contribution is -0.148. The summed E-state index contributed by atoms with van der Waals surface area (Å²) < 4.78 is 5.36. The number of amides is 1. The summed E-state index contributed by atoms with van der Waals surface area (Å²) in [5.74, 6) is -2.20.